The van der Waals surface area contributed by atoms with Crippen molar-refractivity contribution in [2.24, 2.45) is 0 Å². The van der Waals surface area contributed by atoms with Crippen LogP contribution in [-0.4, -0.2) is 24.4 Å². The lowest BCUT2D eigenvalue weighted by Gasteiger charge is -1.96. The molecule has 0 aliphatic carbocycles. The molecule has 1 aromatic rings. The van der Waals surface area contributed by atoms with Crippen molar-refractivity contribution in [1.29, 1.82) is 0 Å². The molecule has 0 aliphatic rings. The monoisotopic (exact) mass is 229 g/mol. The fourth-order valence-electron chi connectivity index (χ4n) is 0.778. The van der Waals surface area contributed by atoms with Crippen molar-refractivity contribution in [3.05, 3.63) is 17.0 Å². The summed E-state index contributed by atoms with van der Waals surface area (Å²) < 4.78 is 4.52. The van der Waals surface area contributed by atoms with Gasteiger partial charge in [0, 0.05) is 5.38 Å². The van der Waals surface area contributed by atoms with Gasteiger partial charge in [0.05, 0.1) is 17.7 Å². The van der Waals surface area contributed by atoms with Gasteiger partial charge in [-0.15, -0.1) is 11.3 Å². The fourth-order valence-corrected chi connectivity index (χ4v) is 1.73. The number of carbonyl (C=O) groups excluding carboxylic acids is 2. The quantitative estimate of drug-likeness (QED) is 0.483. The van der Waals surface area contributed by atoms with Gasteiger partial charge in [0.1, 0.15) is 4.99 Å². The number of thiocarbonyl (C=S) groups is 1. The molecule has 1 rings (SSSR count). The number of ether oxygens (including phenoxy) is 1. The van der Waals surface area contributed by atoms with E-state index in [1.165, 1.54) is 18.4 Å². The van der Waals surface area contributed by atoms with E-state index in [-0.39, 0.29) is 4.99 Å². The number of aldehydes is 1. The Hall–Kier alpha value is -1.27. The van der Waals surface area contributed by atoms with Gasteiger partial charge in [-0.05, 0) is 6.07 Å². The standard InChI is InChI=1S/C8H7NO3S2/c1-12-8(11)5-2-7(14-4-5)9-6(13)3-10/h2-4H,1H3,(H,9,13). The molecule has 4 nitrogen and oxygen atoms in total. The summed E-state index contributed by atoms with van der Waals surface area (Å²) >= 11 is 5.93. The molecule has 0 aromatic carbocycles. The van der Waals surface area contributed by atoms with E-state index in [9.17, 15) is 9.59 Å². The molecule has 0 saturated heterocycles. The molecule has 1 heterocycles. The Morgan fingerprint density at radius 2 is 2.43 bits per heavy atom. The molecule has 0 saturated carbocycles. The third-order valence-electron chi connectivity index (χ3n) is 1.37. The van der Waals surface area contributed by atoms with Crippen LogP contribution in [-0.2, 0) is 9.53 Å². The van der Waals surface area contributed by atoms with Crippen molar-refractivity contribution < 1.29 is 14.3 Å². The van der Waals surface area contributed by atoms with Gasteiger partial charge in [-0.1, -0.05) is 12.2 Å². The minimum atomic E-state index is -0.411. The summed E-state index contributed by atoms with van der Waals surface area (Å²) in [7, 11) is 1.31. The van der Waals surface area contributed by atoms with Gasteiger partial charge in [-0.2, -0.15) is 0 Å². The highest BCUT2D eigenvalue weighted by Gasteiger charge is 2.08. The lowest BCUT2D eigenvalue weighted by molar-refractivity contribution is -0.102. The Morgan fingerprint density at radius 3 is 3.00 bits per heavy atom. The summed E-state index contributed by atoms with van der Waals surface area (Å²) in [6.07, 6.45) is 0.535. The number of methoxy groups -OCH3 is 1. The van der Waals surface area contributed by atoms with Gasteiger partial charge in [0.2, 0.25) is 0 Å². The number of carbonyl (C=O) groups is 2. The first-order chi connectivity index (χ1) is 6.67. The molecule has 0 unspecified atom stereocenters. The molecule has 0 amide bonds. The van der Waals surface area contributed by atoms with Crippen molar-refractivity contribution in [3.63, 3.8) is 0 Å². The second kappa shape index (κ2) is 4.83. The molecule has 0 atom stereocenters. The smallest absolute Gasteiger partial charge is 0.338 e. The van der Waals surface area contributed by atoms with E-state index in [1.807, 2.05) is 0 Å². The average molecular weight is 229 g/mol. The third kappa shape index (κ3) is 2.61. The second-order valence-electron chi connectivity index (χ2n) is 2.30. The molecule has 14 heavy (non-hydrogen) atoms. The first-order valence-corrected chi connectivity index (χ1v) is 4.89. The molecule has 1 aromatic heterocycles. The van der Waals surface area contributed by atoms with Crippen LogP contribution in [0.15, 0.2) is 11.4 Å². The van der Waals surface area contributed by atoms with Crippen LogP contribution in [0.4, 0.5) is 5.00 Å². The van der Waals surface area contributed by atoms with Crippen LogP contribution in [0.5, 0.6) is 0 Å². The normalized spacial score (nSPS) is 9.21. The van der Waals surface area contributed by atoms with Crippen LogP contribution in [0.1, 0.15) is 10.4 Å². The summed E-state index contributed by atoms with van der Waals surface area (Å²) in [4.78, 5) is 21.3. The minimum Gasteiger partial charge on any atom is -0.465 e. The van der Waals surface area contributed by atoms with Crippen molar-refractivity contribution in [2.45, 2.75) is 0 Å². The van der Waals surface area contributed by atoms with Crippen LogP contribution >= 0.6 is 23.6 Å². The maximum absolute atomic E-state index is 11.0. The molecule has 0 radical (unpaired) electrons. The van der Waals surface area contributed by atoms with E-state index >= 15 is 0 Å². The Bertz CT molecular complexity index is 372. The van der Waals surface area contributed by atoms with Gasteiger partial charge >= 0.3 is 5.97 Å². The highest BCUT2D eigenvalue weighted by Crippen LogP contribution is 2.20. The van der Waals surface area contributed by atoms with Gasteiger partial charge in [-0.25, -0.2) is 4.79 Å². The van der Waals surface area contributed by atoms with Crippen molar-refractivity contribution in [2.75, 3.05) is 12.4 Å². The third-order valence-corrected chi connectivity index (χ3v) is 2.42. The largest absolute Gasteiger partial charge is 0.465 e. The number of anilines is 1. The molecule has 74 valence electrons. The van der Waals surface area contributed by atoms with Gasteiger partial charge < -0.3 is 10.1 Å². The first-order valence-electron chi connectivity index (χ1n) is 3.60. The maximum atomic E-state index is 11.0. The van der Waals surface area contributed by atoms with Crippen LogP contribution in [0, 0.1) is 0 Å². The molecular weight excluding hydrogens is 222 g/mol. The lowest BCUT2D eigenvalue weighted by Crippen LogP contribution is -2.08. The number of nitrogens with one attached hydrogen (secondary N) is 1. The number of hydrogen-bond donors (Lipinski definition) is 1. The Morgan fingerprint density at radius 1 is 1.71 bits per heavy atom. The Kier molecular flexibility index (Phi) is 3.73. The average Bonchev–Trinajstić information content (AvgIpc) is 2.65. The van der Waals surface area contributed by atoms with E-state index in [4.69, 9.17) is 0 Å². The van der Waals surface area contributed by atoms with Crippen molar-refractivity contribution in [3.8, 4) is 0 Å². The van der Waals surface area contributed by atoms with E-state index in [0.29, 0.717) is 16.9 Å². The van der Waals surface area contributed by atoms with Gasteiger partial charge in [-0.3, -0.25) is 4.79 Å². The molecule has 6 heteroatoms. The molecule has 0 fully saturated rings. The van der Waals surface area contributed by atoms with Crippen LogP contribution in [0.25, 0.3) is 0 Å². The second-order valence-corrected chi connectivity index (χ2v) is 3.65. The number of hydrogen-bond acceptors (Lipinski definition) is 5. The molecule has 0 aliphatic heterocycles. The van der Waals surface area contributed by atoms with Gasteiger partial charge in [0.15, 0.2) is 6.29 Å². The van der Waals surface area contributed by atoms with Crippen molar-refractivity contribution >= 4 is 45.8 Å². The predicted octanol–water partition coefficient (Wildman–Crippen LogP) is 1.47. The molecular formula is C8H7NO3S2. The van der Waals surface area contributed by atoms with Crippen LogP contribution in [0.2, 0.25) is 0 Å². The number of esters is 1. The minimum absolute atomic E-state index is 0.0864. The summed E-state index contributed by atoms with van der Waals surface area (Å²) in [6, 6.07) is 1.58. The first kappa shape index (κ1) is 10.8. The topological polar surface area (TPSA) is 55.4 Å². The fraction of sp³-hybridized carbons (Fsp3) is 0.125. The van der Waals surface area contributed by atoms with Crippen LogP contribution < -0.4 is 5.32 Å². The SMILES string of the molecule is COC(=O)c1csc(NC(=S)C=O)c1. The summed E-state index contributed by atoms with van der Waals surface area (Å²) in [5, 5.41) is 4.93. The zero-order valence-corrected chi connectivity index (χ0v) is 8.91. The van der Waals surface area contributed by atoms with E-state index in [0.717, 1.165) is 0 Å². The zero-order valence-electron chi connectivity index (χ0n) is 7.27. The zero-order chi connectivity index (χ0) is 10.6. The predicted molar refractivity (Wildman–Crippen MR) is 57.9 cm³/mol. The van der Waals surface area contributed by atoms with Crippen LogP contribution in [0.3, 0.4) is 0 Å². The van der Waals surface area contributed by atoms with E-state index in [2.05, 4.69) is 22.3 Å². The van der Waals surface area contributed by atoms with E-state index < -0.39 is 5.97 Å². The summed E-state index contributed by atoms with van der Waals surface area (Å²) in [5.74, 6) is -0.411. The van der Waals surface area contributed by atoms with E-state index in [1.54, 1.807) is 11.4 Å². The Labute approximate surface area is 89.9 Å². The summed E-state index contributed by atoms with van der Waals surface area (Å²) in [5.41, 5.74) is 0.439. The highest BCUT2D eigenvalue weighted by atomic mass is 32.1. The lowest BCUT2D eigenvalue weighted by atomic mass is 10.3. The van der Waals surface area contributed by atoms with Crippen molar-refractivity contribution in [1.82, 2.24) is 0 Å². The highest BCUT2D eigenvalue weighted by molar-refractivity contribution is 7.82. The number of thiophene rings is 1. The summed E-state index contributed by atoms with van der Waals surface area (Å²) in [6.45, 7) is 0. The molecule has 1 N–H and O–H groups in total. The van der Waals surface area contributed by atoms with Gasteiger partial charge in [0.25, 0.3) is 0 Å². The Balaban J connectivity index is 2.73. The number of rotatable bonds is 3. The molecule has 0 bridgehead atoms. The maximum Gasteiger partial charge on any atom is 0.338 e. The molecule has 0 spiro atoms.